The lowest BCUT2D eigenvalue weighted by Gasteiger charge is -2.03. The zero-order valence-corrected chi connectivity index (χ0v) is 15.5. The van der Waals surface area contributed by atoms with E-state index in [1.54, 1.807) is 6.20 Å². The molecule has 6 nitrogen and oxygen atoms in total. The van der Waals surface area contributed by atoms with E-state index < -0.39 is 0 Å². The van der Waals surface area contributed by atoms with Crippen molar-refractivity contribution in [2.24, 2.45) is 0 Å². The number of pyridine rings is 1. The van der Waals surface area contributed by atoms with Crippen LogP contribution in [0.15, 0.2) is 30.5 Å². The lowest BCUT2D eigenvalue weighted by atomic mass is 10.0. The van der Waals surface area contributed by atoms with E-state index >= 15 is 0 Å². The third-order valence-electron chi connectivity index (χ3n) is 5.03. The molecule has 2 aromatic rings. The molecule has 3 N–H and O–H groups in total. The van der Waals surface area contributed by atoms with Crippen LogP contribution in [0.2, 0.25) is 0 Å². The van der Waals surface area contributed by atoms with Crippen LogP contribution in [-0.4, -0.2) is 33.7 Å². The molecule has 3 heterocycles. The normalized spacial score (nSPS) is 19.8. The van der Waals surface area contributed by atoms with E-state index in [4.69, 9.17) is 0 Å². The van der Waals surface area contributed by atoms with Gasteiger partial charge in [0.1, 0.15) is 0 Å². The van der Waals surface area contributed by atoms with Crippen LogP contribution in [0.4, 0.5) is 5.82 Å². The van der Waals surface area contributed by atoms with Crippen molar-refractivity contribution in [2.75, 3.05) is 11.9 Å². The molecule has 0 spiro atoms. The van der Waals surface area contributed by atoms with Crippen LogP contribution in [0, 0.1) is 0 Å². The number of anilines is 1. The molecule has 2 fully saturated rings. The number of hydrogen-bond donors (Lipinski definition) is 3. The summed E-state index contributed by atoms with van der Waals surface area (Å²) in [6.45, 7) is 3.47. The Kier molecular flexibility index (Phi) is 6.77. The Morgan fingerprint density at radius 1 is 1.23 bits per heavy atom. The fraction of sp³-hybridized carbons (Fsp3) is 0.550. The standard InChI is InChI=1S/C15H18N4O.C5H11N/c20-15(9-12-7-3-4-8-16-12)17-14-10-13(18-19-14)11-5-1-2-6-11;1-5-3-2-4-6-5/h3-4,7-8,10-11H,1-2,5-6,9H2,(H2,17,18,19,20);5-6H,2-4H2,1H3. The van der Waals surface area contributed by atoms with Crippen molar-refractivity contribution in [3.05, 3.63) is 41.9 Å². The number of aromatic amines is 1. The average molecular weight is 355 g/mol. The van der Waals surface area contributed by atoms with E-state index in [1.165, 1.54) is 45.1 Å². The van der Waals surface area contributed by atoms with Crippen molar-refractivity contribution in [2.45, 2.75) is 63.8 Å². The summed E-state index contributed by atoms with van der Waals surface area (Å²) in [5, 5.41) is 13.3. The third kappa shape index (κ3) is 5.66. The molecule has 1 saturated carbocycles. The quantitative estimate of drug-likeness (QED) is 0.785. The van der Waals surface area contributed by atoms with Gasteiger partial charge in [-0.1, -0.05) is 18.9 Å². The summed E-state index contributed by atoms with van der Waals surface area (Å²) in [5.74, 6) is 1.09. The van der Waals surface area contributed by atoms with Crippen molar-refractivity contribution in [1.29, 1.82) is 0 Å². The minimum absolute atomic E-state index is 0.0897. The van der Waals surface area contributed by atoms with Gasteiger partial charge < -0.3 is 10.6 Å². The smallest absolute Gasteiger partial charge is 0.231 e. The molecule has 1 saturated heterocycles. The maximum atomic E-state index is 11.9. The van der Waals surface area contributed by atoms with Gasteiger partial charge in [-0.15, -0.1) is 0 Å². The first kappa shape index (κ1) is 18.6. The Balaban J connectivity index is 0.000000278. The lowest BCUT2D eigenvalue weighted by molar-refractivity contribution is -0.115. The molecule has 1 aliphatic carbocycles. The van der Waals surface area contributed by atoms with Crippen molar-refractivity contribution < 1.29 is 4.79 Å². The number of aromatic nitrogens is 3. The minimum atomic E-state index is -0.0897. The minimum Gasteiger partial charge on any atom is -0.314 e. The van der Waals surface area contributed by atoms with Crippen LogP contribution in [0.1, 0.15) is 62.8 Å². The Morgan fingerprint density at radius 3 is 2.69 bits per heavy atom. The van der Waals surface area contributed by atoms with Gasteiger partial charge in [-0.05, 0) is 51.3 Å². The van der Waals surface area contributed by atoms with E-state index in [1.807, 2.05) is 24.3 Å². The highest BCUT2D eigenvalue weighted by Gasteiger charge is 2.19. The van der Waals surface area contributed by atoms with Crippen LogP contribution in [0.3, 0.4) is 0 Å². The van der Waals surface area contributed by atoms with Crippen LogP contribution in [0.25, 0.3) is 0 Å². The van der Waals surface area contributed by atoms with E-state index in [0.29, 0.717) is 11.7 Å². The monoisotopic (exact) mass is 355 g/mol. The molecule has 1 aliphatic heterocycles. The fourth-order valence-corrected chi connectivity index (χ4v) is 3.56. The zero-order chi connectivity index (χ0) is 18.2. The van der Waals surface area contributed by atoms with Crippen molar-refractivity contribution in [3.63, 3.8) is 0 Å². The largest absolute Gasteiger partial charge is 0.314 e. The van der Waals surface area contributed by atoms with Crippen LogP contribution >= 0.6 is 0 Å². The van der Waals surface area contributed by atoms with Gasteiger partial charge in [0.25, 0.3) is 0 Å². The molecule has 1 amide bonds. The maximum absolute atomic E-state index is 11.9. The van der Waals surface area contributed by atoms with E-state index in [-0.39, 0.29) is 12.3 Å². The molecule has 2 aliphatic rings. The number of carbonyl (C=O) groups is 1. The molecule has 4 rings (SSSR count). The molecule has 140 valence electrons. The first-order valence-electron chi connectivity index (χ1n) is 9.69. The lowest BCUT2D eigenvalue weighted by Crippen LogP contribution is -2.16. The van der Waals surface area contributed by atoms with Crippen molar-refractivity contribution >= 4 is 11.7 Å². The first-order valence-corrected chi connectivity index (χ1v) is 9.69. The molecule has 2 aromatic heterocycles. The summed E-state index contributed by atoms with van der Waals surface area (Å²) in [4.78, 5) is 16.0. The summed E-state index contributed by atoms with van der Waals surface area (Å²) in [7, 11) is 0. The Hall–Kier alpha value is -2.21. The predicted molar refractivity (Wildman–Crippen MR) is 103 cm³/mol. The second-order valence-corrected chi connectivity index (χ2v) is 7.23. The maximum Gasteiger partial charge on any atom is 0.231 e. The number of hydrogen-bond acceptors (Lipinski definition) is 4. The van der Waals surface area contributed by atoms with E-state index in [9.17, 15) is 4.79 Å². The van der Waals surface area contributed by atoms with Gasteiger partial charge in [0.2, 0.25) is 5.91 Å². The van der Waals surface area contributed by atoms with Gasteiger partial charge in [0.05, 0.1) is 6.42 Å². The summed E-state index contributed by atoms with van der Waals surface area (Å²) in [6.07, 6.45) is 9.70. The zero-order valence-electron chi connectivity index (χ0n) is 15.5. The average Bonchev–Trinajstić information content (AvgIpc) is 3.38. The van der Waals surface area contributed by atoms with Crippen molar-refractivity contribution in [3.8, 4) is 0 Å². The Morgan fingerprint density at radius 2 is 2.08 bits per heavy atom. The van der Waals surface area contributed by atoms with Crippen molar-refractivity contribution in [1.82, 2.24) is 20.5 Å². The SMILES string of the molecule is CC1CCCN1.O=C(Cc1ccccn1)Nc1cc(C2CCCC2)[nH]n1. The van der Waals surface area contributed by atoms with Gasteiger partial charge in [-0.2, -0.15) is 5.10 Å². The Labute approximate surface area is 155 Å². The Bertz CT molecular complexity index is 673. The fourth-order valence-electron chi connectivity index (χ4n) is 3.56. The molecule has 0 radical (unpaired) electrons. The topological polar surface area (TPSA) is 82.7 Å². The highest BCUT2D eigenvalue weighted by atomic mass is 16.1. The number of nitrogens with one attached hydrogen (secondary N) is 3. The number of nitrogens with zero attached hydrogens (tertiary/aromatic N) is 2. The van der Waals surface area contributed by atoms with E-state index in [0.717, 1.165) is 17.4 Å². The number of carbonyl (C=O) groups excluding carboxylic acids is 1. The first-order chi connectivity index (χ1) is 12.7. The van der Waals surface area contributed by atoms with E-state index in [2.05, 4.69) is 32.7 Å². The molecule has 1 unspecified atom stereocenters. The van der Waals surface area contributed by atoms with Crippen LogP contribution in [-0.2, 0) is 11.2 Å². The highest BCUT2D eigenvalue weighted by Crippen LogP contribution is 2.33. The van der Waals surface area contributed by atoms with Crippen LogP contribution < -0.4 is 10.6 Å². The second kappa shape index (κ2) is 9.48. The molecule has 0 aromatic carbocycles. The number of H-pyrrole nitrogens is 1. The van der Waals surface area contributed by atoms with Crippen LogP contribution in [0.5, 0.6) is 0 Å². The predicted octanol–water partition coefficient (Wildman–Crippen LogP) is 3.40. The highest BCUT2D eigenvalue weighted by molar-refractivity contribution is 5.91. The summed E-state index contributed by atoms with van der Waals surface area (Å²) in [5.41, 5.74) is 1.90. The third-order valence-corrected chi connectivity index (χ3v) is 5.03. The summed E-state index contributed by atoms with van der Waals surface area (Å²) < 4.78 is 0. The second-order valence-electron chi connectivity index (χ2n) is 7.23. The molecular formula is C20H29N5O. The summed E-state index contributed by atoms with van der Waals surface area (Å²) >= 11 is 0. The van der Waals surface area contributed by atoms with Gasteiger partial charge in [0, 0.05) is 35.6 Å². The molecule has 26 heavy (non-hydrogen) atoms. The van der Waals surface area contributed by atoms with Gasteiger partial charge >= 0.3 is 0 Å². The molecule has 6 heteroatoms. The van der Waals surface area contributed by atoms with Gasteiger partial charge in [0.15, 0.2) is 5.82 Å². The summed E-state index contributed by atoms with van der Waals surface area (Å²) in [6, 6.07) is 8.30. The molecule has 0 bridgehead atoms. The molecule has 1 atom stereocenters. The molecular weight excluding hydrogens is 326 g/mol. The number of rotatable bonds is 4. The van der Waals surface area contributed by atoms with Gasteiger partial charge in [-0.25, -0.2) is 0 Å². The number of amides is 1. The van der Waals surface area contributed by atoms with Gasteiger partial charge in [-0.3, -0.25) is 14.9 Å².